The zero-order chi connectivity index (χ0) is 8.55. The molecule has 12 heavy (non-hydrogen) atoms. The van der Waals surface area contributed by atoms with Crippen LogP contribution in [-0.2, 0) is 6.42 Å². The van der Waals surface area contributed by atoms with Gasteiger partial charge in [-0.05, 0) is 24.1 Å². The molecule has 0 saturated heterocycles. The Morgan fingerprint density at radius 1 is 1.50 bits per heavy atom. The zero-order valence-corrected chi connectivity index (χ0v) is 7.69. The van der Waals surface area contributed by atoms with Gasteiger partial charge >= 0.3 is 0 Å². The van der Waals surface area contributed by atoms with Crippen molar-refractivity contribution in [2.45, 2.75) is 13.3 Å². The summed E-state index contributed by atoms with van der Waals surface area (Å²) in [4.78, 5) is 4.23. The standard InChI is InChI=1S/C9H10N2S/c1-2-6-3-7(10)4-8-9(6)12-5-11-8/h3-5H,2,10H2,1H3. The molecule has 0 saturated carbocycles. The quantitative estimate of drug-likeness (QED) is 0.681. The summed E-state index contributed by atoms with van der Waals surface area (Å²) in [6.07, 6.45) is 1.02. The van der Waals surface area contributed by atoms with E-state index in [0.29, 0.717) is 0 Å². The number of nitrogen functional groups attached to an aromatic ring is 1. The number of anilines is 1. The molecule has 2 nitrogen and oxygen atoms in total. The van der Waals surface area contributed by atoms with Gasteiger partial charge in [0, 0.05) is 5.69 Å². The van der Waals surface area contributed by atoms with Gasteiger partial charge in [-0.1, -0.05) is 6.92 Å². The molecular weight excluding hydrogens is 168 g/mol. The van der Waals surface area contributed by atoms with Gasteiger partial charge in [0.25, 0.3) is 0 Å². The molecule has 0 amide bonds. The molecular formula is C9H10N2S. The summed E-state index contributed by atoms with van der Waals surface area (Å²) in [5, 5.41) is 0. The summed E-state index contributed by atoms with van der Waals surface area (Å²) in [6.45, 7) is 2.13. The number of benzene rings is 1. The maximum Gasteiger partial charge on any atom is 0.0835 e. The summed E-state index contributed by atoms with van der Waals surface area (Å²) in [7, 11) is 0. The molecule has 0 unspecified atom stereocenters. The van der Waals surface area contributed by atoms with E-state index in [1.165, 1.54) is 10.3 Å². The second kappa shape index (κ2) is 2.75. The van der Waals surface area contributed by atoms with Crippen LogP contribution in [0.25, 0.3) is 10.2 Å². The minimum absolute atomic E-state index is 0.810. The van der Waals surface area contributed by atoms with E-state index >= 15 is 0 Å². The van der Waals surface area contributed by atoms with E-state index in [1.807, 2.05) is 17.6 Å². The number of fused-ring (bicyclic) bond motifs is 1. The van der Waals surface area contributed by atoms with Crippen LogP contribution in [0.1, 0.15) is 12.5 Å². The number of rotatable bonds is 1. The molecule has 0 spiro atoms. The van der Waals surface area contributed by atoms with Crippen LogP contribution >= 0.6 is 11.3 Å². The van der Waals surface area contributed by atoms with Crippen LogP contribution in [0.15, 0.2) is 17.6 Å². The molecule has 0 atom stereocenters. The summed E-state index contributed by atoms with van der Waals surface area (Å²) >= 11 is 1.68. The lowest BCUT2D eigenvalue weighted by Gasteiger charge is -1.99. The summed E-state index contributed by atoms with van der Waals surface area (Å²) in [5.41, 5.74) is 10.7. The fourth-order valence-corrected chi connectivity index (χ4v) is 2.19. The van der Waals surface area contributed by atoms with Crippen molar-refractivity contribution in [3.05, 3.63) is 23.2 Å². The van der Waals surface area contributed by atoms with Gasteiger partial charge in [0.05, 0.1) is 15.7 Å². The van der Waals surface area contributed by atoms with Crippen molar-refractivity contribution in [1.82, 2.24) is 4.98 Å². The number of aromatic nitrogens is 1. The number of nitrogens with two attached hydrogens (primary N) is 1. The molecule has 0 bridgehead atoms. The molecule has 62 valence electrons. The fraction of sp³-hybridized carbons (Fsp3) is 0.222. The third-order valence-electron chi connectivity index (χ3n) is 1.91. The van der Waals surface area contributed by atoms with Crippen LogP contribution < -0.4 is 5.73 Å². The minimum atomic E-state index is 0.810. The molecule has 3 heteroatoms. The highest BCUT2D eigenvalue weighted by Crippen LogP contribution is 2.25. The second-order valence-corrected chi connectivity index (χ2v) is 3.59. The van der Waals surface area contributed by atoms with Gasteiger partial charge in [-0.3, -0.25) is 0 Å². The molecule has 0 radical (unpaired) electrons. The minimum Gasteiger partial charge on any atom is -0.399 e. The molecule has 0 aliphatic rings. The van der Waals surface area contributed by atoms with E-state index in [1.54, 1.807) is 11.3 Å². The van der Waals surface area contributed by atoms with Gasteiger partial charge in [0.2, 0.25) is 0 Å². The summed E-state index contributed by atoms with van der Waals surface area (Å²) < 4.78 is 1.27. The van der Waals surface area contributed by atoms with Gasteiger partial charge in [-0.15, -0.1) is 11.3 Å². The van der Waals surface area contributed by atoms with Crippen molar-refractivity contribution in [3.8, 4) is 0 Å². The van der Waals surface area contributed by atoms with Crippen LogP contribution in [0.2, 0.25) is 0 Å². The van der Waals surface area contributed by atoms with Crippen LogP contribution in [0.5, 0.6) is 0 Å². The Morgan fingerprint density at radius 3 is 3.08 bits per heavy atom. The Kier molecular flexibility index (Phi) is 1.73. The van der Waals surface area contributed by atoms with Crippen molar-refractivity contribution in [1.29, 1.82) is 0 Å². The zero-order valence-electron chi connectivity index (χ0n) is 6.87. The largest absolute Gasteiger partial charge is 0.399 e. The SMILES string of the molecule is CCc1cc(N)cc2ncsc12. The molecule has 0 fully saturated rings. The van der Waals surface area contributed by atoms with E-state index in [9.17, 15) is 0 Å². The average molecular weight is 178 g/mol. The van der Waals surface area contributed by atoms with Crippen molar-refractivity contribution in [2.24, 2.45) is 0 Å². The van der Waals surface area contributed by atoms with Gasteiger partial charge in [0.1, 0.15) is 0 Å². The molecule has 0 aliphatic heterocycles. The summed E-state index contributed by atoms with van der Waals surface area (Å²) in [5.74, 6) is 0. The first-order valence-electron chi connectivity index (χ1n) is 3.93. The Bertz CT molecular complexity index is 406. The summed E-state index contributed by atoms with van der Waals surface area (Å²) in [6, 6.07) is 3.95. The third-order valence-corrected chi connectivity index (χ3v) is 2.83. The molecule has 2 rings (SSSR count). The molecule has 1 heterocycles. The van der Waals surface area contributed by atoms with Gasteiger partial charge in [-0.25, -0.2) is 4.98 Å². The van der Waals surface area contributed by atoms with E-state index in [0.717, 1.165) is 17.6 Å². The Hall–Kier alpha value is -1.09. The van der Waals surface area contributed by atoms with Crippen molar-refractivity contribution < 1.29 is 0 Å². The maximum absolute atomic E-state index is 5.72. The first kappa shape index (κ1) is 7.55. The number of thiazole rings is 1. The highest BCUT2D eigenvalue weighted by Gasteiger charge is 2.02. The first-order chi connectivity index (χ1) is 5.81. The first-order valence-corrected chi connectivity index (χ1v) is 4.81. The highest BCUT2D eigenvalue weighted by molar-refractivity contribution is 7.16. The lowest BCUT2D eigenvalue weighted by atomic mass is 10.1. The number of aryl methyl sites for hydroxylation is 1. The number of hydrogen-bond donors (Lipinski definition) is 1. The van der Waals surface area contributed by atoms with Crippen LogP contribution in [0, 0.1) is 0 Å². The Morgan fingerprint density at radius 2 is 2.33 bits per heavy atom. The number of hydrogen-bond acceptors (Lipinski definition) is 3. The van der Waals surface area contributed by atoms with Gasteiger partial charge in [-0.2, -0.15) is 0 Å². The van der Waals surface area contributed by atoms with E-state index in [-0.39, 0.29) is 0 Å². The molecule has 1 aromatic heterocycles. The van der Waals surface area contributed by atoms with Crippen LogP contribution in [0.4, 0.5) is 5.69 Å². The van der Waals surface area contributed by atoms with Crippen LogP contribution in [0.3, 0.4) is 0 Å². The topological polar surface area (TPSA) is 38.9 Å². The van der Waals surface area contributed by atoms with Crippen molar-refractivity contribution in [3.63, 3.8) is 0 Å². The molecule has 2 aromatic rings. The molecule has 2 N–H and O–H groups in total. The van der Waals surface area contributed by atoms with Gasteiger partial charge < -0.3 is 5.73 Å². The molecule has 0 aliphatic carbocycles. The monoisotopic (exact) mass is 178 g/mol. The van der Waals surface area contributed by atoms with Gasteiger partial charge in [0.15, 0.2) is 0 Å². The predicted molar refractivity (Wildman–Crippen MR) is 53.4 cm³/mol. The maximum atomic E-state index is 5.72. The molecule has 1 aromatic carbocycles. The highest BCUT2D eigenvalue weighted by atomic mass is 32.1. The Labute approximate surface area is 75.0 Å². The number of nitrogens with zero attached hydrogens (tertiary/aromatic N) is 1. The van der Waals surface area contributed by atoms with Crippen LogP contribution in [-0.4, -0.2) is 4.98 Å². The third kappa shape index (κ3) is 1.06. The van der Waals surface area contributed by atoms with Crippen molar-refractivity contribution >= 4 is 27.2 Å². The second-order valence-electron chi connectivity index (χ2n) is 2.73. The fourth-order valence-electron chi connectivity index (χ4n) is 1.33. The van der Waals surface area contributed by atoms with Crippen molar-refractivity contribution in [2.75, 3.05) is 5.73 Å². The van der Waals surface area contributed by atoms with E-state index in [2.05, 4.69) is 11.9 Å². The smallest absolute Gasteiger partial charge is 0.0835 e. The lowest BCUT2D eigenvalue weighted by molar-refractivity contribution is 1.16. The normalized spacial score (nSPS) is 10.8. The van der Waals surface area contributed by atoms with E-state index < -0.39 is 0 Å². The predicted octanol–water partition coefficient (Wildman–Crippen LogP) is 2.44. The Balaban J connectivity index is 2.80. The average Bonchev–Trinajstić information content (AvgIpc) is 2.50. The lowest BCUT2D eigenvalue weighted by Crippen LogP contribution is -1.88. The van der Waals surface area contributed by atoms with E-state index in [4.69, 9.17) is 5.73 Å².